The third-order valence-electron chi connectivity index (χ3n) is 10.5. The molecule has 0 saturated carbocycles. The summed E-state index contributed by atoms with van der Waals surface area (Å²) in [4.78, 5) is 15.3. The number of rotatable bonds is 7. The molecule has 0 fully saturated rings. The van der Waals surface area contributed by atoms with Crippen molar-refractivity contribution in [3.05, 3.63) is 212 Å². The zero-order chi connectivity index (χ0) is 37.3. The number of nitrogens with zero attached hydrogens (tertiary/aromatic N) is 3. The summed E-state index contributed by atoms with van der Waals surface area (Å²) in [5.41, 5.74) is 15.0. The van der Waals surface area contributed by atoms with E-state index in [4.69, 9.17) is 15.0 Å². The summed E-state index contributed by atoms with van der Waals surface area (Å²) in [5.74, 6) is 0.712. The van der Waals surface area contributed by atoms with E-state index in [1.807, 2.05) is 36.4 Å². The van der Waals surface area contributed by atoms with Crippen LogP contribution in [-0.4, -0.2) is 15.0 Å². The largest absolute Gasteiger partial charge is 0.247 e. The fourth-order valence-corrected chi connectivity index (χ4v) is 7.68. The first-order chi connectivity index (χ1) is 27.7. The Bertz CT molecular complexity index is 2920. The van der Waals surface area contributed by atoms with Crippen molar-refractivity contribution in [3.63, 3.8) is 0 Å². The molecule has 3 heteroatoms. The fraction of sp³-hybridized carbons (Fsp3) is 0. The van der Waals surface area contributed by atoms with Gasteiger partial charge in [0.1, 0.15) is 0 Å². The Kier molecular flexibility index (Phi) is 8.51. The summed E-state index contributed by atoms with van der Waals surface area (Å²) in [6, 6.07) is 74.6. The zero-order valence-electron chi connectivity index (χ0n) is 30.5. The van der Waals surface area contributed by atoms with Crippen molar-refractivity contribution in [1.29, 1.82) is 0 Å². The Morgan fingerprint density at radius 3 is 1.43 bits per heavy atom. The molecular weight excluding hydrogens is 679 g/mol. The van der Waals surface area contributed by atoms with Crippen LogP contribution in [-0.2, 0) is 0 Å². The lowest BCUT2D eigenvalue weighted by molar-refractivity contribution is 1.18. The number of fused-ring (bicyclic) bond motifs is 3. The number of benzene rings is 8. The van der Waals surface area contributed by atoms with E-state index < -0.39 is 0 Å². The molecule has 0 bridgehead atoms. The number of pyridine rings is 1. The maximum absolute atomic E-state index is 5.25. The third kappa shape index (κ3) is 6.31. The molecule has 3 nitrogen and oxygen atoms in total. The van der Waals surface area contributed by atoms with Crippen molar-refractivity contribution < 1.29 is 0 Å². The van der Waals surface area contributed by atoms with Crippen molar-refractivity contribution in [1.82, 2.24) is 15.0 Å². The minimum Gasteiger partial charge on any atom is -0.247 e. The molecule has 0 aliphatic heterocycles. The van der Waals surface area contributed by atoms with Gasteiger partial charge in [0.25, 0.3) is 0 Å². The Labute approximate surface area is 326 Å². The second kappa shape index (κ2) is 14.4. The van der Waals surface area contributed by atoms with E-state index in [1.54, 1.807) is 0 Å². The molecule has 0 saturated heterocycles. The molecular formula is C53H35N3. The second-order valence-electron chi connectivity index (χ2n) is 14.0. The summed E-state index contributed by atoms with van der Waals surface area (Å²) < 4.78 is 0. The average molecular weight is 714 g/mol. The summed E-state index contributed by atoms with van der Waals surface area (Å²) in [5, 5.41) is 3.49. The first-order valence-corrected chi connectivity index (χ1v) is 18.9. The minimum absolute atomic E-state index is 0.712. The van der Waals surface area contributed by atoms with E-state index in [2.05, 4.69) is 176 Å². The SMILES string of the molecule is c1ccc(-c2ccc(-c3nc4ccccc4c4c(-c5cccc(-c6ccc(-c7cc(-c8ccccc8)nc(-c8ccccc8)n7)cc6)c5)cccc34)cc2)cc1. The lowest BCUT2D eigenvalue weighted by Crippen LogP contribution is -1.95. The highest BCUT2D eigenvalue weighted by Gasteiger charge is 2.16. The van der Waals surface area contributed by atoms with Crippen molar-refractivity contribution in [2.45, 2.75) is 0 Å². The Hall–Kier alpha value is -7.49. The smallest absolute Gasteiger partial charge is 0.160 e. The number of aromatic nitrogens is 3. The van der Waals surface area contributed by atoms with E-state index in [9.17, 15) is 0 Å². The number of hydrogen-bond donors (Lipinski definition) is 0. The first kappa shape index (κ1) is 33.1. The van der Waals surface area contributed by atoms with Crippen molar-refractivity contribution >= 4 is 21.7 Å². The molecule has 0 aliphatic rings. The highest BCUT2D eigenvalue weighted by atomic mass is 14.9. The summed E-state index contributed by atoms with van der Waals surface area (Å²) in [6.07, 6.45) is 0. The Morgan fingerprint density at radius 2 is 0.732 bits per heavy atom. The molecule has 2 heterocycles. The van der Waals surface area contributed by atoms with E-state index in [0.29, 0.717) is 5.82 Å². The second-order valence-corrected chi connectivity index (χ2v) is 14.0. The predicted octanol–water partition coefficient (Wildman–Crippen LogP) is 13.8. The van der Waals surface area contributed by atoms with E-state index in [0.717, 1.165) is 72.3 Å². The van der Waals surface area contributed by atoms with Gasteiger partial charge in [-0.25, -0.2) is 15.0 Å². The van der Waals surface area contributed by atoms with Crippen LogP contribution in [0.4, 0.5) is 0 Å². The maximum Gasteiger partial charge on any atom is 0.160 e. The van der Waals surface area contributed by atoms with Crippen molar-refractivity contribution in [3.8, 4) is 78.5 Å². The van der Waals surface area contributed by atoms with E-state index in [1.165, 1.54) is 22.1 Å². The molecule has 0 unspecified atom stereocenters. The molecule has 10 aromatic rings. The zero-order valence-corrected chi connectivity index (χ0v) is 30.5. The molecule has 2 aromatic heterocycles. The van der Waals surface area contributed by atoms with E-state index >= 15 is 0 Å². The average Bonchev–Trinajstić information content (AvgIpc) is 3.29. The highest BCUT2D eigenvalue weighted by molar-refractivity contribution is 6.17. The summed E-state index contributed by atoms with van der Waals surface area (Å²) >= 11 is 0. The maximum atomic E-state index is 5.25. The Morgan fingerprint density at radius 1 is 0.268 bits per heavy atom. The quantitative estimate of drug-likeness (QED) is 0.154. The monoisotopic (exact) mass is 713 g/mol. The van der Waals surface area contributed by atoms with Crippen molar-refractivity contribution in [2.75, 3.05) is 0 Å². The normalized spacial score (nSPS) is 11.2. The number of hydrogen-bond acceptors (Lipinski definition) is 3. The summed E-state index contributed by atoms with van der Waals surface area (Å²) in [6.45, 7) is 0. The molecule has 56 heavy (non-hydrogen) atoms. The molecule has 10 rings (SSSR count). The van der Waals surface area contributed by atoms with Crippen molar-refractivity contribution in [2.24, 2.45) is 0 Å². The van der Waals surface area contributed by atoms with Gasteiger partial charge >= 0.3 is 0 Å². The fourth-order valence-electron chi connectivity index (χ4n) is 7.68. The molecule has 8 aromatic carbocycles. The van der Waals surface area contributed by atoms with Crippen LogP contribution in [0.5, 0.6) is 0 Å². The first-order valence-electron chi connectivity index (χ1n) is 18.9. The van der Waals surface area contributed by atoms with Gasteiger partial charge in [-0.3, -0.25) is 0 Å². The molecule has 0 aliphatic carbocycles. The van der Waals surface area contributed by atoms with Crippen LogP contribution in [0.2, 0.25) is 0 Å². The van der Waals surface area contributed by atoms with Gasteiger partial charge in [0.05, 0.1) is 22.6 Å². The van der Waals surface area contributed by atoms with Crippen LogP contribution in [0.25, 0.3) is 100 Å². The lowest BCUT2D eigenvalue weighted by Gasteiger charge is -2.15. The van der Waals surface area contributed by atoms with Gasteiger partial charge in [0.2, 0.25) is 0 Å². The predicted molar refractivity (Wildman–Crippen MR) is 233 cm³/mol. The van der Waals surface area contributed by atoms with Gasteiger partial charge in [0.15, 0.2) is 5.82 Å². The summed E-state index contributed by atoms with van der Waals surface area (Å²) in [7, 11) is 0. The van der Waals surface area contributed by atoms with Gasteiger partial charge in [-0.05, 0) is 51.6 Å². The van der Waals surface area contributed by atoms with Crippen LogP contribution in [0.3, 0.4) is 0 Å². The van der Waals surface area contributed by atoms with Crippen LogP contribution in [0.1, 0.15) is 0 Å². The van der Waals surface area contributed by atoms with Crippen LogP contribution in [0, 0.1) is 0 Å². The molecule has 0 spiro atoms. The third-order valence-corrected chi connectivity index (χ3v) is 10.5. The van der Waals surface area contributed by atoms with Crippen LogP contribution < -0.4 is 0 Å². The number of para-hydroxylation sites is 1. The van der Waals surface area contributed by atoms with E-state index in [-0.39, 0.29) is 0 Å². The lowest BCUT2D eigenvalue weighted by atomic mass is 9.91. The molecule has 262 valence electrons. The molecule has 0 atom stereocenters. The standard InChI is InChI=1S/C53H35N3/c1-4-14-36(15-5-1)37-28-32-41(33-29-37)52-47-24-13-23-45(51(47)46-22-10-11-25-48(46)54-52)44-21-12-20-43(34-44)38-26-30-40(31-27-38)50-35-49(39-16-6-2-7-17-39)55-53(56-50)42-18-8-3-9-19-42/h1-35H. The van der Waals surface area contributed by atoms with Crippen LogP contribution in [0.15, 0.2) is 212 Å². The molecule has 0 radical (unpaired) electrons. The molecule has 0 amide bonds. The van der Waals surface area contributed by atoms with Gasteiger partial charge in [-0.2, -0.15) is 0 Å². The molecule has 0 N–H and O–H groups in total. The van der Waals surface area contributed by atoms with Gasteiger partial charge < -0.3 is 0 Å². The topological polar surface area (TPSA) is 38.7 Å². The van der Waals surface area contributed by atoms with Gasteiger partial charge in [-0.1, -0.05) is 194 Å². The van der Waals surface area contributed by atoms with Crippen LogP contribution >= 0.6 is 0 Å². The van der Waals surface area contributed by atoms with Gasteiger partial charge in [0, 0.05) is 38.4 Å². The highest BCUT2D eigenvalue weighted by Crippen LogP contribution is 2.40. The minimum atomic E-state index is 0.712. The Balaban J connectivity index is 1.03. The van der Waals surface area contributed by atoms with Gasteiger partial charge in [-0.15, -0.1) is 0 Å².